The van der Waals surface area contributed by atoms with Crippen molar-refractivity contribution in [2.45, 2.75) is 56.5 Å². The van der Waals surface area contributed by atoms with E-state index in [9.17, 15) is 0 Å². The average molecular weight is 274 g/mol. The van der Waals surface area contributed by atoms with Crippen molar-refractivity contribution in [3.63, 3.8) is 0 Å². The monoisotopic (exact) mass is 274 g/mol. The molecule has 1 spiro atoms. The van der Waals surface area contributed by atoms with E-state index >= 15 is 0 Å². The van der Waals surface area contributed by atoms with Gasteiger partial charge < -0.3 is 14.2 Å². The third kappa shape index (κ3) is 2.50. The molecule has 3 unspecified atom stereocenters. The molecule has 20 heavy (non-hydrogen) atoms. The topological polar surface area (TPSA) is 31.0 Å². The van der Waals surface area contributed by atoms with Crippen molar-refractivity contribution in [2.75, 3.05) is 13.2 Å². The summed E-state index contributed by atoms with van der Waals surface area (Å²) < 4.78 is 17.7. The molecule has 1 aromatic carbocycles. The molecule has 0 bridgehead atoms. The van der Waals surface area contributed by atoms with E-state index in [1.165, 1.54) is 30.4 Å². The summed E-state index contributed by atoms with van der Waals surface area (Å²) in [4.78, 5) is 0. The minimum absolute atomic E-state index is 0.197. The first-order chi connectivity index (χ1) is 9.85. The van der Waals surface area contributed by atoms with E-state index in [1.54, 1.807) is 0 Å². The summed E-state index contributed by atoms with van der Waals surface area (Å²) >= 11 is 0. The molecule has 4 rings (SSSR count). The molecule has 0 aromatic heterocycles. The summed E-state index contributed by atoms with van der Waals surface area (Å²) in [5.41, 5.74) is 2.56. The number of benzene rings is 1. The SMILES string of the molecule is c1cc(C2CCC3(CCCCCO3)O2)ccc1C1CO1. The van der Waals surface area contributed by atoms with Crippen LogP contribution in [0.15, 0.2) is 24.3 Å². The van der Waals surface area contributed by atoms with Gasteiger partial charge in [0.2, 0.25) is 0 Å². The predicted molar refractivity (Wildman–Crippen MR) is 75.3 cm³/mol. The van der Waals surface area contributed by atoms with Crippen molar-refractivity contribution in [1.82, 2.24) is 0 Å². The Morgan fingerprint density at radius 2 is 1.65 bits per heavy atom. The summed E-state index contributed by atoms with van der Waals surface area (Å²) in [5, 5.41) is 0. The molecule has 0 saturated carbocycles. The Bertz CT molecular complexity index is 456. The van der Waals surface area contributed by atoms with Gasteiger partial charge >= 0.3 is 0 Å². The minimum Gasteiger partial charge on any atom is -0.368 e. The van der Waals surface area contributed by atoms with Crippen LogP contribution in [0.25, 0.3) is 0 Å². The Balaban J connectivity index is 1.46. The number of hydrogen-bond acceptors (Lipinski definition) is 3. The molecule has 0 aliphatic carbocycles. The third-order valence-corrected chi connectivity index (χ3v) is 4.72. The van der Waals surface area contributed by atoms with E-state index in [1.807, 2.05) is 0 Å². The summed E-state index contributed by atoms with van der Waals surface area (Å²) in [6, 6.07) is 8.74. The number of hydrogen-bond donors (Lipinski definition) is 0. The molecule has 3 aliphatic heterocycles. The second-order valence-electron chi connectivity index (χ2n) is 6.20. The van der Waals surface area contributed by atoms with Crippen molar-refractivity contribution >= 4 is 0 Å². The van der Waals surface area contributed by atoms with Crippen molar-refractivity contribution < 1.29 is 14.2 Å². The van der Waals surface area contributed by atoms with E-state index in [4.69, 9.17) is 14.2 Å². The molecule has 0 amide bonds. The van der Waals surface area contributed by atoms with Gasteiger partial charge in [0.25, 0.3) is 0 Å². The molecule has 3 fully saturated rings. The quantitative estimate of drug-likeness (QED) is 0.766. The van der Waals surface area contributed by atoms with Crippen LogP contribution in [0.3, 0.4) is 0 Å². The summed E-state index contributed by atoms with van der Waals surface area (Å²) in [7, 11) is 0. The van der Waals surface area contributed by atoms with E-state index in [0.29, 0.717) is 6.10 Å². The molecule has 0 radical (unpaired) electrons. The van der Waals surface area contributed by atoms with Crippen LogP contribution in [-0.2, 0) is 14.2 Å². The van der Waals surface area contributed by atoms with Crippen LogP contribution in [-0.4, -0.2) is 19.0 Å². The maximum absolute atomic E-state index is 6.32. The Labute approximate surface area is 120 Å². The second-order valence-corrected chi connectivity index (χ2v) is 6.20. The van der Waals surface area contributed by atoms with Gasteiger partial charge in [0.15, 0.2) is 5.79 Å². The van der Waals surface area contributed by atoms with Gasteiger partial charge in [0, 0.05) is 12.8 Å². The minimum atomic E-state index is -0.292. The first kappa shape index (κ1) is 12.8. The zero-order valence-electron chi connectivity index (χ0n) is 11.8. The predicted octanol–water partition coefficient (Wildman–Crippen LogP) is 3.90. The normalized spacial score (nSPS) is 37.0. The maximum atomic E-state index is 6.32. The average Bonchev–Trinajstić information content (AvgIpc) is 3.26. The van der Waals surface area contributed by atoms with E-state index in [2.05, 4.69) is 24.3 Å². The fourth-order valence-electron chi connectivity index (χ4n) is 3.42. The Morgan fingerprint density at radius 1 is 0.900 bits per heavy atom. The highest BCUT2D eigenvalue weighted by Gasteiger charge is 2.42. The van der Waals surface area contributed by atoms with Gasteiger partial charge in [-0.3, -0.25) is 0 Å². The Hall–Kier alpha value is -0.900. The molecule has 3 atom stereocenters. The first-order valence-electron chi connectivity index (χ1n) is 7.88. The van der Waals surface area contributed by atoms with E-state index in [0.717, 1.165) is 32.5 Å². The zero-order valence-corrected chi connectivity index (χ0v) is 11.8. The van der Waals surface area contributed by atoms with Crippen molar-refractivity contribution in [3.8, 4) is 0 Å². The second kappa shape index (κ2) is 5.14. The Morgan fingerprint density at radius 3 is 2.40 bits per heavy atom. The van der Waals surface area contributed by atoms with E-state index < -0.39 is 0 Å². The number of ether oxygens (including phenoxy) is 3. The molecule has 3 aliphatic rings. The first-order valence-corrected chi connectivity index (χ1v) is 7.88. The van der Waals surface area contributed by atoms with Gasteiger partial charge in [-0.05, 0) is 30.4 Å². The lowest BCUT2D eigenvalue weighted by atomic mass is 10.0. The van der Waals surface area contributed by atoms with Crippen LogP contribution < -0.4 is 0 Å². The van der Waals surface area contributed by atoms with Gasteiger partial charge in [0.1, 0.15) is 6.10 Å². The van der Waals surface area contributed by atoms with Gasteiger partial charge in [-0.25, -0.2) is 0 Å². The molecule has 0 N–H and O–H groups in total. The van der Waals surface area contributed by atoms with Crippen LogP contribution in [0.5, 0.6) is 0 Å². The summed E-state index contributed by atoms with van der Waals surface area (Å²) in [6.07, 6.45) is 7.36. The Kier molecular flexibility index (Phi) is 3.29. The van der Waals surface area contributed by atoms with Crippen LogP contribution in [0.1, 0.15) is 61.9 Å². The van der Waals surface area contributed by atoms with Gasteiger partial charge in [0.05, 0.1) is 19.3 Å². The highest BCUT2D eigenvalue weighted by molar-refractivity contribution is 5.27. The van der Waals surface area contributed by atoms with Crippen LogP contribution in [0.2, 0.25) is 0 Å². The van der Waals surface area contributed by atoms with Crippen molar-refractivity contribution in [1.29, 1.82) is 0 Å². The lowest BCUT2D eigenvalue weighted by Crippen LogP contribution is -2.30. The molecule has 3 heteroatoms. The van der Waals surface area contributed by atoms with Crippen LogP contribution in [0.4, 0.5) is 0 Å². The van der Waals surface area contributed by atoms with Crippen LogP contribution >= 0.6 is 0 Å². The molecular weight excluding hydrogens is 252 g/mol. The van der Waals surface area contributed by atoms with E-state index in [-0.39, 0.29) is 11.9 Å². The zero-order chi connectivity index (χ0) is 13.4. The smallest absolute Gasteiger partial charge is 0.169 e. The lowest BCUT2D eigenvalue weighted by Gasteiger charge is -2.28. The van der Waals surface area contributed by atoms with Gasteiger partial charge in [-0.15, -0.1) is 0 Å². The standard InChI is InChI=1S/C17H22O3/c1-2-9-17(19-11-3-1)10-8-15(20-17)13-4-6-14(7-5-13)16-12-18-16/h4-7,15-16H,1-3,8-12H2. The van der Waals surface area contributed by atoms with Crippen molar-refractivity contribution in [3.05, 3.63) is 35.4 Å². The molecular formula is C17H22O3. The fraction of sp³-hybridized carbons (Fsp3) is 0.647. The number of epoxide rings is 1. The van der Waals surface area contributed by atoms with Crippen LogP contribution in [0, 0.1) is 0 Å². The largest absolute Gasteiger partial charge is 0.368 e. The lowest BCUT2D eigenvalue weighted by molar-refractivity contribution is -0.227. The molecule has 1 aromatic rings. The summed E-state index contributed by atoms with van der Waals surface area (Å²) in [6.45, 7) is 1.72. The summed E-state index contributed by atoms with van der Waals surface area (Å²) in [5.74, 6) is -0.292. The highest BCUT2D eigenvalue weighted by atomic mass is 16.7. The van der Waals surface area contributed by atoms with Gasteiger partial charge in [-0.2, -0.15) is 0 Å². The number of rotatable bonds is 2. The highest BCUT2D eigenvalue weighted by Crippen LogP contribution is 2.44. The molecule has 3 heterocycles. The molecule has 108 valence electrons. The van der Waals surface area contributed by atoms with Crippen molar-refractivity contribution in [2.24, 2.45) is 0 Å². The third-order valence-electron chi connectivity index (χ3n) is 4.72. The van der Waals surface area contributed by atoms with Gasteiger partial charge in [-0.1, -0.05) is 30.7 Å². The molecule has 3 saturated heterocycles. The maximum Gasteiger partial charge on any atom is 0.169 e. The fourth-order valence-corrected chi connectivity index (χ4v) is 3.42. The molecule has 3 nitrogen and oxygen atoms in total.